The van der Waals surface area contributed by atoms with Crippen molar-refractivity contribution < 1.29 is 11.3 Å². The van der Waals surface area contributed by atoms with Crippen LogP contribution in [0.2, 0.25) is 0 Å². The summed E-state index contributed by atoms with van der Waals surface area (Å²) in [5, 5.41) is 24.2. The lowest BCUT2D eigenvalue weighted by Crippen LogP contribution is -2.10. The Morgan fingerprint density at radius 1 is 0.231 bits per heavy atom. The second kappa shape index (κ2) is 25.3. The van der Waals surface area contributed by atoms with Crippen LogP contribution in [-0.4, -0.2) is 0 Å². The molecule has 0 aliphatic rings. The van der Waals surface area contributed by atoms with Gasteiger partial charge in [0.1, 0.15) is 11.2 Å². The first-order valence-electron chi connectivity index (χ1n) is 38.8. The summed E-state index contributed by atoms with van der Waals surface area (Å²) >= 11 is 5.45. The average molecular weight is 1430 g/mol. The Hall–Kier alpha value is -13.2. The summed E-state index contributed by atoms with van der Waals surface area (Å²) in [7, 11) is 0. The minimum Gasteiger partial charge on any atom is -0.455 e. The molecule has 6 heteroatoms. The molecule has 0 saturated carbocycles. The summed E-state index contributed by atoms with van der Waals surface area (Å²) in [4.78, 5) is 4.21. The predicted octanol–water partition coefficient (Wildman–Crippen LogP) is 31.2. The van der Waals surface area contributed by atoms with Crippen molar-refractivity contribution in [2.75, 3.05) is 9.80 Å². The number of fused-ring (bicyclic) bond motifs is 23. The number of benzene rings is 19. The summed E-state index contributed by atoms with van der Waals surface area (Å²) in [6.45, 7) is 0. The highest BCUT2D eigenvalue weighted by molar-refractivity contribution is 7.27. The summed E-state index contributed by atoms with van der Waals surface area (Å²) in [6.07, 6.45) is 0. The molecule has 0 unspecified atom stereocenters. The van der Waals surface area contributed by atoms with Crippen LogP contribution < -0.4 is 9.80 Å². The van der Waals surface area contributed by atoms with Crippen molar-refractivity contribution >= 4 is 215 Å². The maximum Gasteiger partial charge on any atom is 0.143 e. The molecule has 4 heterocycles. The molecule has 4 aromatic heterocycles. The summed E-state index contributed by atoms with van der Waals surface area (Å²) < 4.78 is 57.5. The van der Waals surface area contributed by atoms with Gasteiger partial charge in [-0.3, -0.25) is 0 Å². The van der Waals surface area contributed by atoms with E-state index in [1.54, 1.807) is 11.3 Å². The van der Waals surface area contributed by atoms with Crippen LogP contribution >= 0.6 is 34.0 Å². The molecule has 0 spiro atoms. The summed E-state index contributed by atoms with van der Waals surface area (Å²) in [5.74, 6) is 0. The average Bonchev–Trinajstić information content (AvgIpc) is 1.26. The van der Waals surface area contributed by atoms with Gasteiger partial charge in [0.05, 0.1) is 6.85 Å². The molecule has 0 atom stereocenters. The van der Waals surface area contributed by atoms with Gasteiger partial charge in [-0.05, 0) is 208 Å². The maximum absolute atomic E-state index is 9.05. The summed E-state index contributed by atoms with van der Waals surface area (Å²) in [6, 6.07) is 122. The minimum atomic E-state index is -0.415. The van der Waals surface area contributed by atoms with E-state index < -0.39 is 6.04 Å². The number of para-hydroxylation sites is 1. The molecule has 0 radical (unpaired) electrons. The molecule has 3 nitrogen and oxygen atoms in total. The van der Waals surface area contributed by atoms with Crippen LogP contribution in [0.15, 0.2) is 380 Å². The van der Waals surface area contributed by atoms with E-state index in [1.807, 2.05) is 45.8 Å². The van der Waals surface area contributed by atoms with Gasteiger partial charge >= 0.3 is 0 Å². The van der Waals surface area contributed by atoms with Gasteiger partial charge in [-0.2, -0.15) is 0 Å². The molecule has 23 aromatic rings. The zero-order valence-corrected chi connectivity index (χ0v) is 60.4. The number of anilines is 6. The third-order valence-electron chi connectivity index (χ3n) is 21.7. The van der Waals surface area contributed by atoms with Crippen molar-refractivity contribution in [1.82, 2.24) is 0 Å². The van der Waals surface area contributed by atoms with Crippen LogP contribution in [0.3, 0.4) is 0 Å². The SMILES string of the molecule is [2H]c1c([2H])c([2H])c(N(c2ccc(-c3cc4sc5c6ccccc6ccc5c4c4ccccc34)cc2)c2ccc3sc4c5ccccc5ccc4c3c2)c([2H])c1[2H].c1cc(-c2ccc3ccccc3c2)cc(N(c2ccc(-c3ccc4oc5c6ccccc6ccc5c4c3)cc2)c2ccc3sc4c5ccccc5ccc4c3c2)c1. The van der Waals surface area contributed by atoms with Crippen molar-refractivity contribution in [1.29, 1.82) is 0 Å². The van der Waals surface area contributed by atoms with Gasteiger partial charge in [0.15, 0.2) is 0 Å². The third-order valence-corrected chi connectivity index (χ3v) is 25.4. The lowest BCUT2D eigenvalue weighted by molar-refractivity contribution is 0.672. The number of hydrogen-bond donors (Lipinski definition) is 0. The highest BCUT2D eigenvalue weighted by atomic mass is 32.1. The van der Waals surface area contributed by atoms with Gasteiger partial charge in [-0.15, -0.1) is 34.0 Å². The van der Waals surface area contributed by atoms with Gasteiger partial charge in [0.2, 0.25) is 0 Å². The van der Waals surface area contributed by atoms with E-state index in [0.29, 0.717) is 11.4 Å². The number of thiophene rings is 3. The van der Waals surface area contributed by atoms with Gasteiger partial charge in [0.25, 0.3) is 0 Å². The Morgan fingerprint density at radius 2 is 0.676 bits per heavy atom. The zero-order chi connectivity index (χ0) is 75.3. The van der Waals surface area contributed by atoms with E-state index in [4.69, 9.17) is 11.3 Å². The van der Waals surface area contributed by atoms with Crippen LogP contribution in [0.4, 0.5) is 34.1 Å². The molecule has 0 fully saturated rings. The molecule has 504 valence electrons. The molecule has 23 rings (SSSR count). The Morgan fingerprint density at radius 3 is 1.31 bits per heavy atom. The topological polar surface area (TPSA) is 19.6 Å². The highest BCUT2D eigenvalue weighted by Crippen LogP contribution is 2.49. The Kier molecular flexibility index (Phi) is 13.4. The van der Waals surface area contributed by atoms with Crippen molar-refractivity contribution in [3.05, 3.63) is 376 Å². The lowest BCUT2D eigenvalue weighted by atomic mass is 9.94. The fourth-order valence-corrected chi connectivity index (χ4v) is 20.3. The van der Waals surface area contributed by atoms with Gasteiger partial charge < -0.3 is 14.2 Å². The van der Waals surface area contributed by atoms with E-state index in [1.165, 1.54) is 110 Å². The lowest BCUT2D eigenvalue weighted by Gasteiger charge is -2.26. The minimum absolute atomic E-state index is 0.109. The van der Waals surface area contributed by atoms with Gasteiger partial charge in [0, 0.05) is 111 Å². The molecular weight excluding hydrogens is 1370 g/mol. The number of nitrogens with zero attached hydrogens (tertiary/aromatic N) is 2. The molecule has 19 aromatic carbocycles. The Balaban J connectivity index is 0.000000138. The number of furan rings is 1. The molecule has 0 aliphatic heterocycles. The van der Waals surface area contributed by atoms with Gasteiger partial charge in [-0.1, -0.05) is 261 Å². The number of rotatable bonds is 9. The van der Waals surface area contributed by atoms with E-state index in [9.17, 15) is 0 Å². The fourth-order valence-electron chi connectivity index (χ4n) is 16.5. The molecule has 0 aliphatic carbocycles. The number of hydrogen-bond acceptors (Lipinski definition) is 6. The van der Waals surface area contributed by atoms with E-state index in [-0.39, 0.29) is 29.9 Å². The third kappa shape index (κ3) is 10.4. The van der Waals surface area contributed by atoms with Crippen LogP contribution in [0, 0.1) is 0 Å². The van der Waals surface area contributed by atoms with Crippen LogP contribution in [-0.2, 0) is 0 Å². The van der Waals surface area contributed by atoms with Gasteiger partial charge in [-0.25, -0.2) is 0 Å². The fraction of sp³-hybridized carbons (Fsp3) is 0. The predicted molar refractivity (Wildman–Crippen MR) is 470 cm³/mol. The smallest absolute Gasteiger partial charge is 0.143 e. The molecule has 0 bridgehead atoms. The molecule has 108 heavy (non-hydrogen) atoms. The largest absolute Gasteiger partial charge is 0.455 e. The van der Waals surface area contributed by atoms with Crippen molar-refractivity contribution in [3.8, 4) is 33.4 Å². The molecule has 0 saturated heterocycles. The quantitative estimate of drug-likeness (QED) is 0.144. The van der Waals surface area contributed by atoms with Crippen LogP contribution in [0.1, 0.15) is 6.85 Å². The zero-order valence-electron chi connectivity index (χ0n) is 62.9. The first-order valence-corrected chi connectivity index (χ1v) is 38.8. The molecule has 0 N–H and O–H groups in total. The Bertz CT molecular complexity index is 7890. The first-order chi connectivity index (χ1) is 55.6. The molecule has 0 amide bonds. The Labute approximate surface area is 641 Å². The van der Waals surface area contributed by atoms with Crippen LogP contribution in [0.5, 0.6) is 0 Å². The summed E-state index contributed by atoms with van der Waals surface area (Å²) in [5.41, 5.74) is 13.5. The maximum atomic E-state index is 9.05. The second-order valence-corrected chi connectivity index (χ2v) is 31.0. The standard InChI is InChI=1S/C54H33NOS.C48H29NS2/c1-2-11-38-30-40(17-16-34(38)8-1)39-12-7-13-43(31-39)55(44-25-29-52-50(33-44)48-27-21-37-10-4-6-15-46(37)54(48)57-52)42-23-18-35(19-24-42)41-22-28-51-49(32-41)47-26-20-36-9-3-5-14-45(36)53(47)56-51;1-2-12-33(13-3-1)49(35-24-27-44-43(28-35)40-25-20-30-10-4-6-14-36(30)47(40)50-44)34-22-18-32(19-23-34)42-29-45-46(39-17-9-8-16-38(39)42)41-26-21-31-11-5-7-15-37(31)48(41)51-45/h1-33H;1-29H/i;1D,2D,3D,12D,13D. The first kappa shape index (κ1) is 57.2. The van der Waals surface area contributed by atoms with Crippen molar-refractivity contribution in [3.63, 3.8) is 0 Å². The second-order valence-electron chi connectivity index (χ2n) is 27.8. The molecular formula is C102H62N2OS3. The van der Waals surface area contributed by atoms with Crippen molar-refractivity contribution in [2.24, 2.45) is 0 Å². The normalized spacial score (nSPS) is 12.5. The van der Waals surface area contributed by atoms with Crippen molar-refractivity contribution in [2.45, 2.75) is 0 Å². The van der Waals surface area contributed by atoms with E-state index in [2.05, 4.69) is 332 Å². The van der Waals surface area contributed by atoms with E-state index in [0.717, 1.165) is 87.5 Å². The highest BCUT2D eigenvalue weighted by Gasteiger charge is 2.22. The van der Waals surface area contributed by atoms with E-state index >= 15 is 0 Å². The van der Waals surface area contributed by atoms with Crippen LogP contribution in [0.25, 0.3) is 180 Å². The monoisotopic (exact) mass is 1430 g/mol.